The summed E-state index contributed by atoms with van der Waals surface area (Å²) < 4.78 is 0. The molecule has 4 rings (SSSR count). The number of nitrogens with one attached hydrogen (secondary N) is 1. The summed E-state index contributed by atoms with van der Waals surface area (Å²) in [6.45, 7) is 3.50. The third kappa shape index (κ3) is 5.78. The molecule has 1 atom stereocenters. The van der Waals surface area contributed by atoms with E-state index in [1.54, 1.807) is 6.33 Å². The molecule has 2 aromatic carbocycles. The summed E-state index contributed by atoms with van der Waals surface area (Å²) in [5, 5.41) is 4.32. The molecule has 1 N–H and O–H groups in total. The molecule has 1 aliphatic heterocycles. The molecule has 2 heterocycles. The van der Waals surface area contributed by atoms with Crippen LogP contribution in [0.25, 0.3) is 16.5 Å². The first kappa shape index (κ1) is 26.0. The van der Waals surface area contributed by atoms with Gasteiger partial charge in [-0.05, 0) is 11.6 Å². The van der Waals surface area contributed by atoms with Crippen molar-refractivity contribution in [1.82, 2.24) is 20.2 Å². The van der Waals surface area contributed by atoms with Gasteiger partial charge in [0.1, 0.15) is 12.6 Å². The molecule has 3 aromatic rings. The lowest BCUT2D eigenvalue weighted by atomic mass is 9.97. The molecular formula is C22H25Cl3N4O. The highest BCUT2D eigenvalue weighted by Gasteiger charge is 2.20. The van der Waals surface area contributed by atoms with Crippen molar-refractivity contribution < 1.29 is 4.79 Å². The number of para-hydroxylation sites is 1. The quantitative estimate of drug-likeness (QED) is 0.578. The minimum atomic E-state index is -0.281. The van der Waals surface area contributed by atoms with Crippen molar-refractivity contribution >= 4 is 60.0 Å². The first-order chi connectivity index (χ1) is 13.4. The number of hydrogen-bond acceptors (Lipinski definition) is 5. The van der Waals surface area contributed by atoms with Gasteiger partial charge in [0.15, 0.2) is 0 Å². The van der Waals surface area contributed by atoms with Gasteiger partial charge in [-0.3, -0.25) is 4.90 Å². The molecule has 0 saturated carbocycles. The lowest BCUT2D eigenvalue weighted by molar-refractivity contribution is -0.111. The molecular weight excluding hydrogens is 443 g/mol. The SMILES string of the molecule is Cl.Cl.Cl.O=CC(/C=C(\c1ccccc1)c1ncnc2ccccc12)N1CCNCC1. The molecule has 1 fully saturated rings. The zero-order valence-corrected chi connectivity index (χ0v) is 18.8. The van der Waals surface area contributed by atoms with Crippen LogP contribution in [0.1, 0.15) is 11.3 Å². The van der Waals surface area contributed by atoms with E-state index in [1.807, 2.05) is 48.5 Å². The molecule has 5 nitrogen and oxygen atoms in total. The number of benzene rings is 2. The number of fused-ring (bicyclic) bond motifs is 1. The molecule has 1 unspecified atom stereocenters. The highest BCUT2D eigenvalue weighted by molar-refractivity contribution is 5.95. The van der Waals surface area contributed by atoms with E-state index in [9.17, 15) is 4.79 Å². The fraction of sp³-hybridized carbons (Fsp3) is 0.227. The maximum Gasteiger partial charge on any atom is 0.141 e. The molecule has 0 spiro atoms. The number of piperazine rings is 1. The van der Waals surface area contributed by atoms with E-state index in [-0.39, 0.29) is 43.3 Å². The monoisotopic (exact) mass is 466 g/mol. The highest BCUT2D eigenvalue weighted by Crippen LogP contribution is 2.28. The van der Waals surface area contributed by atoms with Crippen LogP contribution in [0, 0.1) is 0 Å². The van der Waals surface area contributed by atoms with Gasteiger partial charge in [-0.2, -0.15) is 0 Å². The van der Waals surface area contributed by atoms with Gasteiger partial charge in [0.25, 0.3) is 0 Å². The van der Waals surface area contributed by atoms with Gasteiger partial charge in [-0.25, -0.2) is 9.97 Å². The van der Waals surface area contributed by atoms with E-state index in [1.165, 1.54) is 0 Å². The summed E-state index contributed by atoms with van der Waals surface area (Å²) >= 11 is 0. The predicted molar refractivity (Wildman–Crippen MR) is 129 cm³/mol. The fourth-order valence-corrected chi connectivity index (χ4v) is 3.53. The molecule has 160 valence electrons. The number of carbonyl (C=O) groups excluding carboxylic acids is 1. The van der Waals surface area contributed by atoms with E-state index >= 15 is 0 Å². The smallest absolute Gasteiger partial charge is 0.141 e. The van der Waals surface area contributed by atoms with Crippen LogP contribution in [0.3, 0.4) is 0 Å². The van der Waals surface area contributed by atoms with E-state index in [0.29, 0.717) is 0 Å². The van der Waals surface area contributed by atoms with Crippen molar-refractivity contribution in [2.24, 2.45) is 0 Å². The Bertz CT molecular complexity index is 958. The average Bonchev–Trinajstić information content (AvgIpc) is 2.76. The van der Waals surface area contributed by atoms with E-state index in [4.69, 9.17) is 0 Å². The number of nitrogens with zero attached hydrogens (tertiary/aromatic N) is 3. The first-order valence-electron chi connectivity index (χ1n) is 9.24. The second-order valence-electron chi connectivity index (χ2n) is 6.60. The molecule has 1 aliphatic rings. The lowest BCUT2D eigenvalue weighted by Crippen LogP contribution is -2.48. The van der Waals surface area contributed by atoms with Crippen LogP contribution >= 0.6 is 37.2 Å². The largest absolute Gasteiger partial charge is 0.314 e. The van der Waals surface area contributed by atoms with Crippen LogP contribution in [0.5, 0.6) is 0 Å². The standard InChI is InChI=1S/C22H22N4O.3ClH/c27-15-18(26-12-10-23-11-13-26)14-20(17-6-2-1-3-7-17)22-19-8-4-5-9-21(19)24-16-25-22;;;/h1-9,14-16,18,23H,10-13H2;3*1H/b20-14+;;;. The number of carbonyl (C=O) groups is 1. The second-order valence-corrected chi connectivity index (χ2v) is 6.60. The lowest BCUT2D eigenvalue weighted by Gasteiger charge is -2.30. The molecule has 0 amide bonds. The first-order valence-corrected chi connectivity index (χ1v) is 9.24. The van der Waals surface area contributed by atoms with Crippen molar-refractivity contribution in [3.63, 3.8) is 0 Å². The minimum Gasteiger partial charge on any atom is -0.314 e. The van der Waals surface area contributed by atoms with Crippen LogP contribution in [0.4, 0.5) is 0 Å². The third-order valence-electron chi connectivity index (χ3n) is 4.93. The summed E-state index contributed by atoms with van der Waals surface area (Å²) in [5.74, 6) is 0. The van der Waals surface area contributed by atoms with Gasteiger partial charge in [0.2, 0.25) is 0 Å². The number of aromatic nitrogens is 2. The molecule has 8 heteroatoms. The maximum absolute atomic E-state index is 11.9. The molecule has 1 saturated heterocycles. The van der Waals surface area contributed by atoms with Crippen molar-refractivity contribution in [3.05, 3.63) is 78.3 Å². The van der Waals surface area contributed by atoms with Gasteiger partial charge in [0, 0.05) is 37.1 Å². The van der Waals surface area contributed by atoms with Gasteiger partial charge in [-0.15, -0.1) is 37.2 Å². The van der Waals surface area contributed by atoms with Crippen LogP contribution < -0.4 is 5.32 Å². The Balaban J connectivity index is 0.00000150. The zero-order chi connectivity index (χ0) is 18.5. The normalized spacial score (nSPS) is 15.3. The average molecular weight is 468 g/mol. The number of hydrogen-bond donors (Lipinski definition) is 1. The Labute approximate surface area is 195 Å². The minimum absolute atomic E-state index is 0. The molecule has 0 aliphatic carbocycles. The molecule has 0 bridgehead atoms. The van der Waals surface area contributed by atoms with E-state index in [0.717, 1.165) is 60.2 Å². The summed E-state index contributed by atoms with van der Waals surface area (Å²) in [6.07, 6.45) is 4.66. The summed E-state index contributed by atoms with van der Waals surface area (Å²) in [5.41, 5.74) is 3.76. The molecule has 0 radical (unpaired) electrons. The van der Waals surface area contributed by atoms with E-state index in [2.05, 4.69) is 32.3 Å². The van der Waals surface area contributed by atoms with Crippen LogP contribution in [0.2, 0.25) is 0 Å². The van der Waals surface area contributed by atoms with Crippen molar-refractivity contribution in [3.8, 4) is 0 Å². The Morgan fingerprint density at radius 3 is 2.30 bits per heavy atom. The van der Waals surface area contributed by atoms with Crippen molar-refractivity contribution in [2.45, 2.75) is 6.04 Å². The fourth-order valence-electron chi connectivity index (χ4n) is 3.53. The van der Waals surface area contributed by atoms with Crippen molar-refractivity contribution in [1.29, 1.82) is 0 Å². The topological polar surface area (TPSA) is 58.1 Å². The molecule has 1 aromatic heterocycles. The van der Waals surface area contributed by atoms with E-state index < -0.39 is 0 Å². The number of aldehydes is 1. The Morgan fingerprint density at radius 2 is 1.60 bits per heavy atom. The van der Waals surface area contributed by atoms with Gasteiger partial charge in [0.05, 0.1) is 17.3 Å². The van der Waals surface area contributed by atoms with Gasteiger partial charge in [-0.1, -0.05) is 54.6 Å². The van der Waals surface area contributed by atoms with Crippen LogP contribution in [0.15, 0.2) is 67.0 Å². The second kappa shape index (κ2) is 12.6. The Kier molecular flexibility index (Phi) is 10.9. The zero-order valence-electron chi connectivity index (χ0n) is 16.3. The molecule has 30 heavy (non-hydrogen) atoms. The van der Waals surface area contributed by atoms with Gasteiger partial charge < -0.3 is 10.1 Å². The predicted octanol–water partition coefficient (Wildman–Crippen LogP) is 3.80. The third-order valence-corrected chi connectivity index (χ3v) is 4.93. The van der Waals surface area contributed by atoms with Gasteiger partial charge >= 0.3 is 0 Å². The summed E-state index contributed by atoms with van der Waals surface area (Å²) in [7, 11) is 0. The summed E-state index contributed by atoms with van der Waals surface area (Å²) in [6, 6.07) is 17.8. The number of halogens is 3. The Morgan fingerprint density at radius 1 is 0.933 bits per heavy atom. The highest BCUT2D eigenvalue weighted by atomic mass is 35.5. The number of rotatable bonds is 5. The van der Waals surface area contributed by atoms with Crippen LogP contribution in [-0.4, -0.2) is 53.4 Å². The van der Waals surface area contributed by atoms with Crippen LogP contribution in [-0.2, 0) is 4.79 Å². The Hall–Kier alpha value is -2.02. The maximum atomic E-state index is 11.9. The van der Waals surface area contributed by atoms with Crippen molar-refractivity contribution in [2.75, 3.05) is 26.2 Å². The summed E-state index contributed by atoms with van der Waals surface area (Å²) in [4.78, 5) is 23.1.